The number of anilines is 1. The van der Waals surface area contributed by atoms with Gasteiger partial charge in [0.05, 0.1) is 17.6 Å². The minimum atomic E-state index is -0.199. The van der Waals surface area contributed by atoms with Gasteiger partial charge in [0.15, 0.2) is 0 Å². The number of carbonyl (C=O) groups is 1. The molecule has 0 aliphatic carbocycles. The van der Waals surface area contributed by atoms with Crippen LogP contribution in [-0.2, 0) is 0 Å². The second-order valence-corrected chi connectivity index (χ2v) is 5.16. The van der Waals surface area contributed by atoms with Crippen molar-refractivity contribution in [1.82, 2.24) is 4.90 Å². The van der Waals surface area contributed by atoms with Gasteiger partial charge in [-0.25, -0.2) is 0 Å². The number of hydrogen-bond donors (Lipinski definition) is 1. The molecule has 0 heterocycles. The summed E-state index contributed by atoms with van der Waals surface area (Å²) in [5.74, 6) is -0.321. The van der Waals surface area contributed by atoms with Crippen LogP contribution in [-0.4, -0.2) is 23.9 Å². The Morgan fingerprint density at radius 3 is 2.52 bits per heavy atom. The molecule has 1 unspecified atom stereocenters. The second-order valence-electron chi connectivity index (χ2n) is 5.16. The van der Waals surface area contributed by atoms with Gasteiger partial charge >= 0.3 is 0 Å². The zero-order valence-corrected chi connectivity index (χ0v) is 12.3. The maximum absolute atomic E-state index is 12.6. The molecule has 1 atom stereocenters. The van der Waals surface area contributed by atoms with Gasteiger partial charge in [-0.2, -0.15) is 5.26 Å². The number of nitriles is 1. The molecule has 4 nitrogen and oxygen atoms in total. The summed E-state index contributed by atoms with van der Waals surface area (Å²) in [6.07, 6.45) is 0. The van der Waals surface area contributed by atoms with E-state index in [9.17, 15) is 4.79 Å². The molecule has 2 rings (SSSR count). The summed E-state index contributed by atoms with van der Waals surface area (Å²) in [5.41, 5.74) is 7.01. The molecule has 0 aliphatic heterocycles. The Bertz CT molecular complexity index is 703. The first-order chi connectivity index (χ1) is 10.1. The zero-order chi connectivity index (χ0) is 15.4. The molecule has 0 bridgehead atoms. The van der Waals surface area contributed by atoms with E-state index in [2.05, 4.69) is 6.07 Å². The molecule has 2 N–H and O–H groups in total. The molecule has 0 saturated carbocycles. The van der Waals surface area contributed by atoms with Crippen LogP contribution in [0.2, 0.25) is 0 Å². The largest absolute Gasteiger partial charge is 0.398 e. The van der Waals surface area contributed by atoms with Crippen molar-refractivity contribution in [2.24, 2.45) is 5.92 Å². The molecule has 0 saturated heterocycles. The SMILES string of the molecule is CCN(CC(C)C#N)C(=O)c1cc2ccccc2cc1N. The van der Waals surface area contributed by atoms with Crippen molar-refractivity contribution in [1.29, 1.82) is 5.26 Å². The third-order valence-electron chi connectivity index (χ3n) is 3.53. The van der Waals surface area contributed by atoms with Crippen molar-refractivity contribution in [3.05, 3.63) is 42.0 Å². The molecule has 0 fully saturated rings. The molecule has 2 aromatic rings. The number of fused-ring (bicyclic) bond motifs is 1. The van der Waals surface area contributed by atoms with Crippen LogP contribution in [0.3, 0.4) is 0 Å². The van der Waals surface area contributed by atoms with Gasteiger partial charge in [0, 0.05) is 18.8 Å². The Balaban J connectivity index is 2.38. The molecule has 2 aromatic carbocycles. The zero-order valence-electron chi connectivity index (χ0n) is 12.3. The Morgan fingerprint density at radius 2 is 1.95 bits per heavy atom. The van der Waals surface area contributed by atoms with Crippen LogP contribution in [0, 0.1) is 17.2 Å². The number of nitrogens with zero attached hydrogens (tertiary/aromatic N) is 2. The number of carbonyl (C=O) groups excluding carboxylic acids is 1. The van der Waals surface area contributed by atoms with E-state index in [-0.39, 0.29) is 11.8 Å². The van der Waals surface area contributed by atoms with Crippen LogP contribution in [0.4, 0.5) is 5.69 Å². The Morgan fingerprint density at radius 1 is 1.33 bits per heavy atom. The van der Waals surface area contributed by atoms with Crippen LogP contribution >= 0.6 is 0 Å². The fourth-order valence-corrected chi connectivity index (χ4v) is 2.34. The van der Waals surface area contributed by atoms with Crippen molar-refractivity contribution in [3.8, 4) is 6.07 Å². The molecular weight excluding hydrogens is 262 g/mol. The van der Waals surface area contributed by atoms with E-state index < -0.39 is 0 Å². The molecule has 21 heavy (non-hydrogen) atoms. The summed E-state index contributed by atoms with van der Waals surface area (Å²) in [6.45, 7) is 4.67. The monoisotopic (exact) mass is 281 g/mol. The molecule has 4 heteroatoms. The molecule has 0 aromatic heterocycles. The number of amides is 1. The predicted octanol–water partition coefficient (Wildman–Crippen LogP) is 3.04. The van der Waals surface area contributed by atoms with Gasteiger partial charge in [-0.05, 0) is 36.8 Å². The fraction of sp³-hybridized carbons (Fsp3) is 0.294. The first-order valence-corrected chi connectivity index (χ1v) is 7.04. The molecule has 0 aliphatic rings. The van der Waals surface area contributed by atoms with E-state index in [0.717, 1.165) is 10.8 Å². The van der Waals surface area contributed by atoms with E-state index in [4.69, 9.17) is 11.0 Å². The second kappa shape index (κ2) is 6.27. The summed E-state index contributed by atoms with van der Waals surface area (Å²) in [4.78, 5) is 14.3. The number of nitrogen functional groups attached to an aromatic ring is 1. The van der Waals surface area contributed by atoms with Crippen molar-refractivity contribution in [2.75, 3.05) is 18.8 Å². The minimum absolute atomic E-state index is 0.122. The van der Waals surface area contributed by atoms with Crippen molar-refractivity contribution in [3.63, 3.8) is 0 Å². The topological polar surface area (TPSA) is 70.1 Å². The van der Waals surface area contributed by atoms with E-state index in [1.54, 1.807) is 11.8 Å². The first kappa shape index (κ1) is 14.9. The Kier molecular flexibility index (Phi) is 4.44. The Labute approximate surface area is 124 Å². The quantitative estimate of drug-likeness (QED) is 0.876. The lowest BCUT2D eigenvalue weighted by Gasteiger charge is -2.23. The highest BCUT2D eigenvalue weighted by molar-refractivity contribution is 6.03. The van der Waals surface area contributed by atoms with Gasteiger partial charge in [-0.3, -0.25) is 4.79 Å². The molecule has 0 spiro atoms. The summed E-state index contributed by atoms with van der Waals surface area (Å²) in [5, 5.41) is 10.9. The van der Waals surface area contributed by atoms with E-state index in [1.807, 2.05) is 43.3 Å². The molecule has 108 valence electrons. The van der Waals surface area contributed by atoms with Crippen LogP contribution in [0.15, 0.2) is 36.4 Å². The highest BCUT2D eigenvalue weighted by Crippen LogP contribution is 2.23. The lowest BCUT2D eigenvalue weighted by Crippen LogP contribution is -2.34. The minimum Gasteiger partial charge on any atom is -0.398 e. The highest BCUT2D eigenvalue weighted by atomic mass is 16.2. The number of rotatable bonds is 4. The standard InChI is InChI=1S/C17H19N3O/c1-3-20(11-12(2)10-18)17(21)15-8-13-6-4-5-7-14(13)9-16(15)19/h4-9,12H,3,11,19H2,1-2H3. The van der Waals surface area contributed by atoms with Gasteiger partial charge in [-0.15, -0.1) is 0 Å². The smallest absolute Gasteiger partial charge is 0.255 e. The van der Waals surface area contributed by atoms with Crippen LogP contribution in [0.25, 0.3) is 10.8 Å². The van der Waals surface area contributed by atoms with Crippen molar-refractivity contribution >= 4 is 22.4 Å². The van der Waals surface area contributed by atoms with Crippen LogP contribution in [0.1, 0.15) is 24.2 Å². The summed E-state index contributed by atoms with van der Waals surface area (Å²) < 4.78 is 0. The van der Waals surface area contributed by atoms with Gasteiger partial charge in [0.25, 0.3) is 5.91 Å². The molecule has 0 radical (unpaired) electrons. The van der Waals surface area contributed by atoms with Crippen LogP contribution in [0.5, 0.6) is 0 Å². The summed E-state index contributed by atoms with van der Waals surface area (Å²) in [7, 11) is 0. The predicted molar refractivity (Wildman–Crippen MR) is 84.7 cm³/mol. The van der Waals surface area contributed by atoms with Gasteiger partial charge in [-0.1, -0.05) is 24.3 Å². The molecule has 1 amide bonds. The summed E-state index contributed by atoms with van der Waals surface area (Å²) in [6, 6.07) is 13.6. The van der Waals surface area contributed by atoms with Gasteiger partial charge in [0.2, 0.25) is 0 Å². The molecular formula is C17H19N3O. The van der Waals surface area contributed by atoms with E-state index >= 15 is 0 Å². The fourth-order valence-electron chi connectivity index (χ4n) is 2.34. The van der Waals surface area contributed by atoms with E-state index in [1.165, 1.54) is 0 Å². The lowest BCUT2D eigenvalue weighted by molar-refractivity contribution is 0.0754. The average Bonchev–Trinajstić information content (AvgIpc) is 2.50. The maximum atomic E-state index is 12.6. The van der Waals surface area contributed by atoms with E-state index in [0.29, 0.717) is 24.3 Å². The third kappa shape index (κ3) is 3.14. The maximum Gasteiger partial charge on any atom is 0.255 e. The Hall–Kier alpha value is -2.54. The van der Waals surface area contributed by atoms with Crippen LogP contribution < -0.4 is 5.73 Å². The number of benzene rings is 2. The van der Waals surface area contributed by atoms with Gasteiger partial charge < -0.3 is 10.6 Å². The number of nitrogens with two attached hydrogens (primary N) is 1. The third-order valence-corrected chi connectivity index (χ3v) is 3.53. The van der Waals surface area contributed by atoms with Gasteiger partial charge in [0.1, 0.15) is 0 Å². The average molecular weight is 281 g/mol. The highest BCUT2D eigenvalue weighted by Gasteiger charge is 2.19. The van der Waals surface area contributed by atoms with Crippen molar-refractivity contribution < 1.29 is 4.79 Å². The van der Waals surface area contributed by atoms with Crippen molar-refractivity contribution in [2.45, 2.75) is 13.8 Å². The normalized spacial score (nSPS) is 11.9. The lowest BCUT2D eigenvalue weighted by atomic mass is 10.0. The first-order valence-electron chi connectivity index (χ1n) is 7.04. The number of hydrogen-bond acceptors (Lipinski definition) is 3. The summed E-state index contributed by atoms with van der Waals surface area (Å²) >= 11 is 0.